The summed E-state index contributed by atoms with van der Waals surface area (Å²) < 4.78 is 5.73. The molecule has 0 bridgehead atoms. The van der Waals surface area contributed by atoms with E-state index in [0.717, 1.165) is 16.5 Å². The molecule has 2 nitrogen and oxygen atoms in total. The molecule has 0 amide bonds. The zero-order chi connectivity index (χ0) is 9.56. The highest BCUT2D eigenvalue weighted by Gasteiger charge is 1.99. The molecule has 0 N–H and O–H groups in total. The van der Waals surface area contributed by atoms with Crippen LogP contribution in [-0.2, 0) is 4.74 Å². The normalized spacial score (nSPS) is 13.4. The maximum absolute atomic E-state index is 8.34. The van der Waals surface area contributed by atoms with Crippen LogP contribution in [0.5, 0.6) is 0 Å². The van der Waals surface area contributed by atoms with Crippen LogP contribution in [-0.4, -0.2) is 0 Å². The minimum Gasteiger partial charge on any atom is -0.388 e. The molecule has 0 saturated carbocycles. The Morgan fingerprint density at radius 3 is 2.50 bits per heavy atom. The Hall–Kier alpha value is -0.750. The van der Waals surface area contributed by atoms with Crippen molar-refractivity contribution in [2.45, 2.75) is 27.2 Å². The molecular formula is C9H12BrNO. The second-order valence-electron chi connectivity index (χ2n) is 2.42. The maximum Gasteiger partial charge on any atom is 0.292 e. The Morgan fingerprint density at radius 1 is 1.58 bits per heavy atom. The van der Waals surface area contributed by atoms with Crippen molar-refractivity contribution in [2.75, 3.05) is 0 Å². The molecule has 0 heterocycles. The van der Waals surface area contributed by atoms with Crippen molar-refractivity contribution in [1.29, 1.82) is 5.26 Å². The second-order valence-corrected chi connectivity index (χ2v) is 3.67. The van der Waals surface area contributed by atoms with Crippen LogP contribution in [0.3, 0.4) is 0 Å². The average molecular weight is 230 g/mol. The van der Waals surface area contributed by atoms with Gasteiger partial charge in [0.05, 0.1) is 0 Å². The first-order valence-corrected chi connectivity index (χ1v) is 4.50. The topological polar surface area (TPSA) is 33.0 Å². The van der Waals surface area contributed by atoms with Crippen molar-refractivity contribution in [1.82, 2.24) is 0 Å². The van der Waals surface area contributed by atoms with Crippen molar-refractivity contribution in [3.8, 4) is 6.26 Å². The van der Waals surface area contributed by atoms with Crippen molar-refractivity contribution < 1.29 is 4.74 Å². The van der Waals surface area contributed by atoms with Crippen molar-refractivity contribution in [2.24, 2.45) is 0 Å². The summed E-state index contributed by atoms with van der Waals surface area (Å²) in [5.74, 6) is 0.634. The molecule has 0 aliphatic carbocycles. The van der Waals surface area contributed by atoms with Crippen molar-refractivity contribution in [3.05, 3.63) is 21.9 Å². The smallest absolute Gasteiger partial charge is 0.292 e. The van der Waals surface area contributed by atoms with Gasteiger partial charge in [0.25, 0.3) is 6.26 Å². The van der Waals surface area contributed by atoms with Crippen molar-refractivity contribution in [3.63, 3.8) is 0 Å². The average Bonchev–Trinajstić information content (AvgIpc) is 2.01. The number of nitrogens with zero attached hydrogens (tertiary/aromatic N) is 1. The summed E-state index contributed by atoms with van der Waals surface area (Å²) in [5, 5.41) is 8.34. The summed E-state index contributed by atoms with van der Waals surface area (Å²) in [6.45, 7) is 5.86. The Labute approximate surface area is 81.7 Å². The van der Waals surface area contributed by atoms with Crippen LogP contribution in [0.15, 0.2) is 21.9 Å². The molecule has 0 aromatic carbocycles. The van der Waals surface area contributed by atoms with Gasteiger partial charge >= 0.3 is 0 Å². The van der Waals surface area contributed by atoms with E-state index in [1.54, 1.807) is 12.3 Å². The lowest BCUT2D eigenvalue weighted by atomic mass is 10.2. The van der Waals surface area contributed by atoms with E-state index in [9.17, 15) is 0 Å². The van der Waals surface area contributed by atoms with Gasteiger partial charge in [-0.3, -0.25) is 0 Å². The minimum atomic E-state index is 0.634. The van der Waals surface area contributed by atoms with E-state index < -0.39 is 0 Å². The van der Waals surface area contributed by atoms with E-state index in [4.69, 9.17) is 10.00 Å². The van der Waals surface area contributed by atoms with Crippen LogP contribution >= 0.6 is 15.9 Å². The molecule has 0 aliphatic rings. The van der Waals surface area contributed by atoms with Gasteiger partial charge in [-0.2, -0.15) is 0 Å². The van der Waals surface area contributed by atoms with Gasteiger partial charge in [0, 0.05) is 0 Å². The highest BCUT2D eigenvalue weighted by Crippen LogP contribution is 2.15. The molecule has 12 heavy (non-hydrogen) atoms. The lowest BCUT2D eigenvalue weighted by molar-refractivity contribution is 0.385. The first-order chi connectivity index (χ1) is 5.61. The molecule has 3 heteroatoms. The predicted molar refractivity (Wildman–Crippen MR) is 52.4 cm³/mol. The lowest BCUT2D eigenvalue weighted by Gasteiger charge is -2.01. The maximum atomic E-state index is 8.34. The fourth-order valence-electron chi connectivity index (χ4n) is 0.644. The van der Waals surface area contributed by atoms with Crippen LogP contribution in [0.25, 0.3) is 0 Å². The number of ether oxygens (including phenoxy) is 1. The second kappa shape index (κ2) is 5.84. The summed E-state index contributed by atoms with van der Waals surface area (Å²) >= 11 is 3.28. The zero-order valence-corrected chi connectivity index (χ0v) is 9.10. The van der Waals surface area contributed by atoms with Gasteiger partial charge in [-0.05, 0) is 36.4 Å². The molecule has 0 rings (SSSR count). The summed E-state index contributed by atoms with van der Waals surface area (Å²) in [6, 6.07) is 0. The van der Waals surface area contributed by atoms with Crippen LogP contribution < -0.4 is 0 Å². The molecule has 0 saturated heterocycles. The highest BCUT2D eigenvalue weighted by molar-refractivity contribution is 9.11. The summed E-state index contributed by atoms with van der Waals surface area (Å²) in [6.07, 6.45) is 4.34. The van der Waals surface area contributed by atoms with Gasteiger partial charge in [0.2, 0.25) is 0 Å². The number of rotatable bonds is 3. The monoisotopic (exact) mass is 229 g/mol. The van der Waals surface area contributed by atoms with Crippen LogP contribution in [0.2, 0.25) is 0 Å². The minimum absolute atomic E-state index is 0.634. The molecule has 66 valence electrons. The van der Waals surface area contributed by atoms with Crippen LogP contribution in [0.1, 0.15) is 27.2 Å². The number of allylic oxidation sites excluding steroid dienone is 3. The third-order valence-corrected chi connectivity index (χ3v) is 1.67. The molecule has 0 atom stereocenters. The molecule has 0 aromatic rings. The molecular weight excluding hydrogens is 218 g/mol. The molecule has 0 unspecified atom stereocenters. The molecule has 0 radical (unpaired) electrons. The van der Waals surface area contributed by atoms with Gasteiger partial charge in [0.15, 0.2) is 0 Å². The van der Waals surface area contributed by atoms with E-state index in [-0.39, 0.29) is 0 Å². The Bertz CT molecular complexity index is 244. The van der Waals surface area contributed by atoms with E-state index in [1.807, 2.05) is 20.8 Å². The van der Waals surface area contributed by atoms with E-state index in [2.05, 4.69) is 15.9 Å². The van der Waals surface area contributed by atoms with Crippen LogP contribution in [0, 0.1) is 11.5 Å². The molecule has 0 fully saturated rings. The first kappa shape index (κ1) is 11.2. The number of hydrogen-bond donors (Lipinski definition) is 0. The summed E-state index contributed by atoms with van der Waals surface area (Å²) in [7, 11) is 0. The SMILES string of the molecule is CC/C(C)=C(\C=C(/C)Br)OC#N. The first-order valence-electron chi connectivity index (χ1n) is 3.71. The van der Waals surface area contributed by atoms with Crippen molar-refractivity contribution >= 4 is 15.9 Å². The Balaban J connectivity index is 4.69. The fraction of sp³-hybridized carbons (Fsp3) is 0.444. The van der Waals surface area contributed by atoms with E-state index in [1.165, 1.54) is 0 Å². The van der Waals surface area contributed by atoms with Gasteiger partial charge in [-0.25, -0.2) is 0 Å². The quantitative estimate of drug-likeness (QED) is 0.422. The fourth-order valence-corrected chi connectivity index (χ4v) is 0.852. The van der Waals surface area contributed by atoms with Gasteiger partial charge in [0.1, 0.15) is 5.76 Å². The lowest BCUT2D eigenvalue weighted by Crippen LogP contribution is -1.87. The zero-order valence-electron chi connectivity index (χ0n) is 7.52. The largest absolute Gasteiger partial charge is 0.388 e. The number of nitriles is 1. The highest BCUT2D eigenvalue weighted by atomic mass is 79.9. The Morgan fingerprint density at radius 2 is 2.17 bits per heavy atom. The van der Waals surface area contributed by atoms with Gasteiger partial charge in [-0.15, -0.1) is 5.26 Å². The van der Waals surface area contributed by atoms with E-state index in [0.29, 0.717) is 5.76 Å². The summed E-state index contributed by atoms with van der Waals surface area (Å²) in [5.41, 5.74) is 1.07. The third kappa shape index (κ3) is 4.20. The molecule has 0 aromatic heterocycles. The van der Waals surface area contributed by atoms with Crippen LogP contribution in [0.4, 0.5) is 0 Å². The number of halogens is 1. The third-order valence-electron chi connectivity index (χ3n) is 1.44. The predicted octanol–water partition coefficient (Wildman–Crippen LogP) is 3.47. The molecule has 0 spiro atoms. The van der Waals surface area contributed by atoms with Gasteiger partial charge in [-0.1, -0.05) is 22.9 Å². The Kier molecular flexibility index (Phi) is 5.48. The van der Waals surface area contributed by atoms with Gasteiger partial charge < -0.3 is 4.74 Å². The molecule has 0 aliphatic heterocycles. The summed E-state index contributed by atoms with van der Waals surface area (Å²) in [4.78, 5) is 0. The number of hydrogen-bond acceptors (Lipinski definition) is 2. The standard InChI is InChI=1S/C9H12BrNO/c1-4-7(2)9(12-6-11)5-8(3)10/h5H,4H2,1-3H3/b8-5+,9-7+. The van der Waals surface area contributed by atoms with E-state index >= 15 is 0 Å².